The number of nitrogens with one attached hydrogen (secondary N) is 1. The third kappa shape index (κ3) is 6.05. The third-order valence-corrected chi connectivity index (χ3v) is 6.06. The van der Waals surface area contributed by atoms with Gasteiger partial charge >= 0.3 is 0 Å². The van der Waals surface area contributed by atoms with Crippen molar-refractivity contribution in [3.63, 3.8) is 0 Å². The molecule has 11 heteroatoms. The van der Waals surface area contributed by atoms with Gasteiger partial charge in [-0.2, -0.15) is 0 Å². The summed E-state index contributed by atoms with van der Waals surface area (Å²) in [5, 5.41) is 2.25. The molecule has 0 aliphatic carbocycles. The van der Waals surface area contributed by atoms with Crippen LogP contribution in [0.2, 0.25) is 0 Å². The molecule has 0 aliphatic rings. The number of amides is 1. The van der Waals surface area contributed by atoms with E-state index >= 15 is 0 Å². The Balaban J connectivity index is 1.75. The van der Waals surface area contributed by atoms with Crippen molar-refractivity contribution in [1.29, 1.82) is 0 Å². The van der Waals surface area contributed by atoms with E-state index in [-0.39, 0.29) is 30.3 Å². The van der Waals surface area contributed by atoms with E-state index in [1.165, 1.54) is 31.7 Å². The first kappa shape index (κ1) is 24.9. The number of nitrogens with zero attached hydrogens (tertiary/aromatic N) is 3. The zero-order chi connectivity index (χ0) is 25.7. The number of hydrogen-bond donors (Lipinski definition) is 1. The standard InChI is InChI=1S/C25H23FN4O5S/c1-34-20-11-9-19(10-12-20)28-24(31)23-22(14-27-25(29-23)36(2,32)33)30(16-21-4-3-13-35-21)15-17-5-7-18(26)8-6-17/h3-14H,15-16H2,1-2H3,(H,28,31). The second-order valence-electron chi connectivity index (χ2n) is 7.90. The van der Waals surface area contributed by atoms with Gasteiger partial charge in [-0.15, -0.1) is 0 Å². The molecule has 0 radical (unpaired) electrons. The number of furan rings is 1. The number of rotatable bonds is 9. The molecule has 2 aromatic heterocycles. The van der Waals surface area contributed by atoms with E-state index < -0.39 is 20.9 Å². The molecule has 9 nitrogen and oxygen atoms in total. The molecule has 2 heterocycles. The summed E-state index contributed by atoms with van der Waals surface area (Å²) in [5.74, 6) is 0.188. The molecule has 186 valence electrons. The summed E-state index contributed by atoms with van der Waals surface area (Å²) in [4.78, 5) is 23.2. The van der Waals surface area contributed by atoms with Crippen molar-refractivity contribution in [3.8, 4) is 5.75 Å². The fraction of sp³-hybridized carbons (Fsp3) is 0.160. The number of carbonyl (C=O) groups excluding carboxylic acids is 1. The van der Waals surface area contributed by atoms with Crippen LogP contribution >= 0.6 is 0 Å². The zero-order valence-electron chi connectivity index (χ0n) is 19.5. The van der Waals surface area contributed by atoms with Gasteiger partial charge in [0.05, 0.1) is 31.8 Å². The summed E-state index contributed by atoms with van der Waals surface area (Å²) < 4.78 is 48.4. The highest BCUT2D eigenvalue weighted by Crippen LogP contribution is 2.26. The van der Waals surface area contributed by atoms with Crippen molar-refractivity contribution in [3.05, 3.63) is 96.0 Å². The van der Waals surface area contributed by atoms with Crippen LogP contribution in [0.1, 0.15) is 21.8 Å². The maximum absolute atomic E-state index is 13.5. The summed E-state index contributed by atoms with van der Waals surface area (Å²) in [6.45, 7) is 0.458. The summed E-state index contributed by atoms with van der Waals surface area (Å²) in [6.07, 6.45) is 3.77. The lowest BCUT2D eigenvalue weighted by atomic mass is 10.1. The van der Waals surface area contributed by atoms with Crippen LogP contribution in [0.3, 0.4) is 0 Å². The molecular weight excluding hydrogens is 487 g/mol. The highest BCUT2D eigenvalue weighted by molar-refractivity contribution is 7.90. The highest BCUT2D eigenvalue weighted by Gasteiger charge is 2.24. The van der Waals surface area contributed by atoms with Crippen LogP contribution in [-0.2, 0) is 22.9 Å². The monoisotopic (exact) mass is 510 g/mol. The Bertz CT molecular complexity index is 1440. The van der Waals surface area contributed by atoms with Gasteiger partial charge in [0.25, 0.3) is 5.91 Å². The quantitative estimate of drug-likeness (QED) is 0.335. The van der Waals surface area contributed by atoms with Crippen LogP contribution in [0, 0.1) is 5.82 Å². The lowest BCUT2D eigenvalue weighted by Crippen LogP contribution is -2.27. The smallest absolute Gasteiger partial charge is 0.276 e. The molecule has 0 aliphatic heterocycles. The minimum atomic E-state index is -3.79. The lowest BCUT2D eigenvalue weighted by Gasteiger charge is -2.25. The number of aromatic nitrogens is 2. The molecule has 0 saturated heterocycles. The van der Waals surface area contributed by atoms with Gasteiger partial charge in [0.15, 0.2) is 5.69 Å². The normalized spacial score (nSPS) is 11.2. The highest BCUT2D eigenvalue weighted by atomic mass is 32.2. The molecule has 0 saturated carbocycles. The first-order valence-corrected chi connectivity index (χ1v) is 12.7. The Kier molecular flexibility index (Phi) is 7.30. The molecule has 0 atom stereocenters. The van der Waals surface area contributed by atoms with Gasteiger partial charge < -0.3 is 19.4 Å². The van der Waals surface area contributed by atoms with Gasteiger partial charge in [-0.05, 0) is 54.1 Å². The van der Waals surface area contributed by atoms with Crippen molar-refractivity contribution in [2.75, 3.05) is 23.6 Å². The maximum Gasteiger partial charge on any atom is 0.276 e. The molecular formula is C25H23FN4O5S. The van der Waals surface area contributed by atoms with E-state index in [1.807, 2.05) is 0 Å². The number of carbonyl (C=O) groups is 1. The summed E-state index contributed by atoms with van der Waals surface area (Å²) in [6, 6.07) is 16.0. The second kappa shape index (κ2) is 10.6. The first-order chi connectivity index (χ1) is 17.2. The number of ether oxygens (including phenoxy) is 1. The molecule has 0 unspecified atom stereocenters. The van der Waals surface area contributed by atoms with E-state index in [9.17, 15) is 17.6 Å². The molecule has 1 N–H and O–H groups in total. The SMILES string of the molecule is COc1ccc(NC(=O)c2nc(S(C)(=O)=O)ncc2N(Cc2ccc(F)cc2)Cc2ccco2)cc1. The summed E-state index contributed by atoms with van der Waals surface area (Å²) >= 11 is 0. The minimum Gasteiger partial charge on any atom is -0.497 e. The van der Waals surface area contributed by atoms with Gasteiger partial charge in [-0.25, -0.2) is 22.8 Å². The van der Waals surface area contributed by atoms with Crippen LogP contribution in [0.15, 0.2) is 82.7 Å². The fourth-order valence-corrected chi connectivity index (χ4v) is 3.93. The van der Waals surface area contributed by atoms with E-state index in [1.54, 1.807) is 53.4 Å². The van der Waals surface area contributed by atoms with E-state index in [2.05, 4.69) is 15.3 Å². The molecule has 36 heavy (non-hydrogen) atoms. The largest absolute Gasteiger partial charge is 0.497 e. The average Bonchev–Trinajstić information content (AvgIpc) is 3.38. The first-order valence-electron chi connectivity index (χ1n) is 10.8. The maximum atomic E-state index is 13.5. The Morgan fingerprint density at radius 3 is 2.42 bits per heavy atom. The van der Waals surface area contributed by atoms with Crippen molar-refractivity contribution in [2.24, 2.45) is 0 Å². The van der Waals surface area contributed by atoms with Crippen LogP contribution in [0.5, 0.6) is 5.75 Å². The van der Waals surface area contributed by atoms with E-state index in [0.717, 1.165) is 11.8 Å². The molecule has 4 aromatic rings. The van der Waals surface area contributed by atoms with Crippen LogP contribution < -0.4 is 15.0 Å². The van der Waals surface area contributed by atoms with Gasteiger partial charge in [-0.1, -0.05) is 12.1 Å². The van der Waals surface area contributed by atoms with Gasteiger partial charge in [0.2, 0.25) is 15.0 Å². The van der Waals surface area contributed by atoms with Crippen molar-refractivity contribution < 1.29 is 26.8 Å². The van der Waals surface area contributed by atoms with Gasteiger partial charge in [-0.3, -0.25) is 4.79 Å². The number of anilines is 2. The number of sulfone groups is 1. The summed E-state index contributed by atoms with van der Waals surface area (Å²) in [7, 11) is -2.26. The minimum absolute atomic E-state index is 0.144. The Morgan fingerprint density at radius 1 is 1.08 bits per heavy atom. The number of hydrogen-bond acceptors (Lipinski definition) is 8. The predicted molar refractivity (Wildman–Crippen MR) is 131 cm³/mol. The van der Waals surface area contributed by atoms with Crippen molar-refractivity contribution in [2.45, 2.75) is 18.2 Å². The van der Waals surface area contributed by atoms with Gasteiger partial charge in [0.1, 0.15) is 17.3 Å². The Hall–Kier alpha value is -4.25. The van der Waals surface area contributed by atoms with Crippen LogP contribution in [-0.4, -0.2) is 37.7 Å². The van der Waals surface area contributed by atoms with Crippen molar-refractivity contribution in [1.82, 2.24) is 9.97 Å². The molecule has 4 rings (SSSR count). The molecule has 0 fully saturated rings. The second-order valence-corrected chi connectivity index (χ2v) is 9.81. The lowest BCUT2D eigenvalue weighted by molar-refractivity contribution is 0.102. The van der Waals surface area contributed by atoms with Crippen LogP contribution in [0.4, 0.5) is 15.8 Å². The Morgan fingerprint density at radius 2 is 1.81 bits per heavy atom. The van der Waals surface area contributed by atoms with Crippen LogP contribution in [0.25, 0.3) is 0 Å². The predicted octanol–water partition coefficient (Wildman–Crippen LogP) is 4.08. The zero-order valence-corrected chi connectivity index (χ0v) is 20.3. The number of benzene rings is 2. The molecule has 0 spiro atoms. The third-order valence-electron chi connectivity index (χ3n) is 5.20. The van der Waals surface area contributed by atoms with E-state index in [4.69, 9.17) is 9.15 Å². The molecule has 1 amide bonds. The van der Waals surface area contributed by atoms with E-state index in [0.29, 0.717) is 17.2 Å². The molecule has 2 aromatic carbocycles. The number of halogens is 1. The topological polar surface area (TPSA) is 115 Å². The summed E-state index contributed by atoms with van der Waals surface area (Å²) in [5.41, 5.74) is 1.34. The average molecular weight is 511 g/mol. The van der Waals surface area contributed by atoms with Gasteiger partial charge in [0, 0.05) is 18.5 Å². The van der Waals surface area contributed by atoms with Crippen molar-refractivity contribution >= 4 is 27.1 Å². The number of methoxy groups -OCH3 is 1. The molecule has 0 bridgehead atoms. The Labute approximate surface area is 207 Å². The fourth-order valence-electron chi connectivity index (χ4n) is 3.43.